The Morgan fingerprint density at radius 3 is 2.22 bits per heavy atom. The van der Waals surface area contributed by atoms with Crippen molar-refractivity contribution in [1.29, 1.82) is 0 Å². The summed E-state index contributed by atoms with van der Waals surface area (Å²) in [6, 6.07) is 1.89. The summed E-state index contributed by atoms with van der Waals surface area (Å²) < 4.78 is 1.91. The maximum Gasteiger partial charge on any atom is 0.252 e. The van der Waals surface area contributed by atoms with Gasteiger partial charge in [-0.05, 0) is 53.5 Å². The highest BCUT2D eigenvalue weighted by Crippen LogP contribution is 2.29. The van der Waals surface area contributed by atoms with E-state index >= 15 is 0 Å². The van der Waals surface area contributed by atoms with Crippen LogP contribution < -0.4 is 11.1 Å². The van der Waals surface area contributed by atoms with Crippen LogP contribution >= 0.6 is 24.8 Å². The second-order valence-electron chi connectivity index (χ2n) is 8.66. The zero-order valence-corrected chi connectivity index (χ0v) is 19.1. The van der Waals surface area contributed by atoms with Crippen LogP contribution in [-0.4, -0.2) is 32.8 Å². The van der Waals surface area contributed by atoms with E-state index in [0.717, 1.165) is 22.4 Å². The number of aromatic nitrogens is 3. The molecule has 0 spiro atoms. The van der Waals surface area contributed by atoms with E-state index in [0.29, 0.717) is 12.1 Å². The molecule has 2 aromatic heterocycles. The molecule has 0 fully saturated rings. The van der Waals surface area contributed by atoms with E-state index in [9.17, 15) is 4.79 Å². The molecular weight excluding hydrogens is 385 g/mol. The van der Waals surface area contributed by atoms with Crippen LogP contribution in [0.25, 0.3) is 11.0 Å². The van der Waals surface area contributed by atoms with E-state index in [1.54, 1.807) is 0 Å². The Bertz CT molecular complexity index is 807. The summed E-state index contributed by atoms with van der Waals surface area (Å²) in [6.45, 7) is 16.5. The highest BCUT2D eigenvalue weighted by molar-refractivity contribution is 6.07. The molecule has 154 valence electrons. The number of rotatable bonds is 4. The highest BCUT2D eigenvalue weighted by atomic mass is 35.5. The minimum absolute atomic E-state index is 0. The van der Waals surface area contributed by atoms with Crippen LogP contribution in [0, 0.1) is 6.92 Å². The predicted octanol–water partition coefficient (Wildman–Crippen LogP) is 3.93. The number of nitrogens with zero attached hydrogens (tertiary/aromatic N) is 3. The third-order valence-corrected chi connectivity index (χ3v) is 4.27. The first-order valence-electron chi connectivity index (χ1n) is 8.80. The Labute approximate surface area is 174 Å². The molecule has 2 heterocycles. The molecule has 0 aromatic carbocycles. The number of halogens is 2. The highest BCUT2D eigenvalue weighted by Gasteiger charge is 2.27. The van der Waals surface area contributed by atoms with E-state index in [2.05, 4.69) is 45.0 Å². The number of amides is 1. The maximum atomic E-state index is 13.0. The molecule has 8 heteroatoms. The minimum Gasteiger partial charge on any atom is -0.346 e. The van der Waals surface area contributed by atoms with Crippen LogP contribution in [0.2, 0.25) is 0 Å². The lowest BCUT2D eigenvalue weighted by molar-refractivity contribution is 0.0917. The molecule has 6 nitrogen and oxygen atoms in total. The molecule has 0 atom stereocenters. The Morgan fingerprint density at radius 2 is 1.78 bits per heavy atom. The molecule has 0 aliphatic heterocycles. The molecule has 2 rings (SSSR count). The van der Waals surface area contributed by atoms with E-state index in [1.807, 2.05) is 31.5 Å². The summed E-state index contributed by atoms with van der Waals surface area (Å²) in [5.74, 6) is 0.0726. The van der Waals surface area contributed by atoms with Gasteiger partial charge in [0.2, 0.25) is 0 Å². The third-order valence-electron chi connectivity index (χ3n) is 4.27. The maximum absolute atomic E-state index is 13.0. The fraction of sp³-hybridized carbons (Fsp3) is 0.632. The van der Waals surface area contributed by atoms with E-state index < -0.39 is 5.54 Å². The lowest BCUT2D eigenvalue weighted by atomic mass is 10.0. The first kappa shape index (κ1) is 25.6. The average molecular weight is 418 g/mol. The van der Waals surface area contributed by atoms with Gasteiger partial charge in [-0.25, -0.2) is 9.67 Å². The summed E-state index contributed by atoms with van der Waals surface area (Å²) in [6.07, 6.45) is 0. The Hall–Kier alpha value is -1.37. The van der Waals surface area contributed by atoms with Crippen molar-refractivity contribution < 1.29 is 4.79 Å². The van der Waals surface area contributed by atoms with Gasteiger partial charge in [-0.2, -0.15) is 5.10 Å². The van der Waals surface area contributed by atoms with Crippen LogP contribution in [0.15, 0.2) is 6.07 Å². The van der Waals surface area contributed by atoms with Gasteiger partial charge in [-0.15, -0.1) is 24.8 Å². The first-order valence-corrected chi connectivity index (χ1v) is 8.80. The second-order valence-corrected chi connectivity index (χ2v) is 8.66. The van der Waals surface area contributed by atoms with Crippen LogP contribution in [0.5, 0.6) is 0 Å². The summed E-state index contributed by atoms with van der Waals surface area (Å²) in [5, 5.41) is 8.51. The summed E-state index contributed by atoms with van der Waals surface area (Å²) in [7, 11) is 0. The molecule has 27 heavy (non-hydrogen) atoms. The van der Waals surface area contributed by atoms with Crippen molar-refractivity contribution in [2.24, 2.45) is 5.73 Å². The van der Waals surface area contributed by atoms with Crippen LogP contribution in [0.1, 0.15) is 76.1 Å². The van der Waals surface area contributed by atoms with Crippen LogP contribution in [-0.2, 0) is 5.54 Å². The van der Waals surface area contributed by atoms with Crippen molar-refractivity contribution in [3.8, 4) is 0 Å². The molecule has 2 aromatic rings. The lowest BCUT2D eigenvalue weighted by Gasteiger charge is -2.25. The number of carbonyl (C=O) groups excluding carboxylic acids is 1. The molecule has 0 unspecified atom stereocenters. The van der Waals surface area contributed by atoms with Gasteiger partial charge in [-0.3, -0.25) is 4.79 Å². The van der Waals surface area contributed by atoms with Crippen molar-refractivity contribution >= 4 is 41.8 Å². The molecule has 0 bridgehead atoms. The molecule has 0 radical (unpaired) electrons. The van der Waals surface area contributed by atoms with Gasteiger partial charge in [0.05, 0.1) is 22.2 Å². The number of nitrogens with one attached hydrogen (secondary N) is 1. The fourth-order valence-electron chi connectivity index (χ4n) is 2.68. The van der Waals surface area contributed by atoms with Crippen molar-refractivity contribution in [3.63, 3.8) is 0 Å². The fourth-order valence-corrected chi connectivity index (χ4v) is 2.68. The van der Waals surface area contributed by atoms with Gasteiger partial charge in [0.15, 0.2) is 5.65 Å². The minimum atomic E-state index is -0.474. The summed E-state index contributed by atoms with van der Waals surface area (Å²) >= 11 is 0. The Morgan fingerprint density at radius 1 is 1.22 bits per heavy atom. The normalized spacial score (nSPS) is 11.9. The van der Waals surface area contributed by atoms with E-state index in [-0.39, 0.29) is 42.2 Å². The number of hydrogen-bond donors (Lipinski definition) is 2. The van der Waals surface area contributed by atoms with Gasteiger partial charge >= 0.3 is 0 Å². The first-order chi connectivity index (χ1) is 11.4. The quantitative estimate of drug-likeness (QED) is 0.788. The largest absolute Gasteiger partial charge is 0.346 e. The topological polar surface area (TPSA) is 85.8 Å². The molecule has 0 aliphatic carbocycles. The monoisotopic (exact) mass is 417 g/mol. The molecule has 3 N–H and O–H groups in total. The smallest absolute Gasteiger partial charge is 0.252 e. The average Bonchev–Trinajstić information content (AvgIpc) is 2.83. The van der Waals surface area contributed by atoms with Crippen molar-refractivity contribution in [2.45, 2.75) is 72.4 Å². The van der Waals surface area contributed by atoms with Crippen molar-refractivity contribution in [1.82, 2.24) is 20.1 Å². The Balaban J connectivity index is 0.00000338. The van der Waals surface area contributed by atoms with E-state index in [4.69, 9.17) is 10.7 Å². The predicted molar refractivity (Wildman–Crippen MR) is 116 cm³/mol. The van der Waals surface area contributed by atoms with Gasteiger partial charge in [0.25, 0.3) is 5.91 Å². The summed E-state index contributed by atoms with van der Waals surface area (Å²) in [4.78, 5) is 17.8. The van der Waals surface area contributed by atoms with Gasteiger partial charge in [0.1, 0.15) is 0 Å². The summed E-state index contributed by atoms with van der Waals surface area (Å²) in [5.41, 5.74) is 8.14. The lowest BCUT2D eigenvalue weighted by Crippen LogP contribution is -2.48. The molecule has 0 saturated carbocycles. The molecule has 0 aliphatic rings. The van der Waals surface area contributed by atoms with Gasteiger partial charge < -0.3 is 11.1 Å². The SMILES string of the molecule is Cc1nn(C(C)(C)C)c2nc(C(C)C)cc(C(=O)NC(C)(C)CN)c12.Cl.Cl. The molecule has 0 saturated heterocycles. The number of carbonyl (C=O) groups is 1. The standard InChI is InChI=1S/C19H31N5O.2ClH/c1-11(2)14-9-13(17(25)22-19(7,8)10-20)15-12(3)23-24(16(15)21-14)18(4,5)6;;/h9,11H,10,20H2,1-8H3,(H,22,25);2*1H. The van der Waals surface area contributed by atoms with Crippen molar-refractivity contribution in [2.75, 3.05) is 6.54 Å². The Kier molecular flexibility index (Phi) is 8.31. The number of hydrogen-bond acceptors (Lipinski definition) is 4. The molecular formula is C19H33Cl2N5O. The number of pyridine rings is 1. The number of aryl methyl sites for hydroxylation is 1. The van der Waals surface area contributed by atoms with Crippen LogP contribution in [0.4, 0.5) is 0 Å². The zero-order chi connectivity index (χ0) is 19.2. The number of fused-ring (bicyclic) bond motifs is 1. The van der Waals surface area contributed by atoms with Crippen LogP contribution in [0.3, 0.4) is 0 Å². The second kappa shape index (κ2) is 8.76. The van der Waals surface area contributed by atoms with Gasteiger partial charge in [-0.1, -0.05) is 13.8 Å². The van der Waals surface area contributed by atoms with Gasteiger partial charge in [0, 0.05) is 17.8 Å². The van der Waals surface area contributed by atoms with Crippen molar-refractivity contribution in [3.05, 3.63) is 23.0 Å². The van der Waals surface area contributed by atoms with E-state index in [1.165, 1.54) is 0 Å². The molecule has 1 amide bonds. The third kappa shape index (κ3) is 5.33. The number of nitrogens with two attached hydrogens (primary N) is 1. The zero-order valence-electron chi connectivity index (χ0n) is 17.5.